The molecule has 3 rings (SSSR count). The SMILES string of the molecule is CC1=CCC(c2nnc(C)o2)C(c2ccccc2)C1. The van der Waals surface area contributed by atoms with E-state index < -0.39 is 0 Å². The van der Waals surface area contributed by atoms with Gasteiger partial charge in [0.1, 0.15) is 0 Å². The van der Waals surface area contributed by atoms with Crippen LogP contribution in [-0.4, -0.2) is 10.2 Å². The van der Waals surface area contributed by atoms with Gasteiger partial charge in [-0.1, -0.05) is 42.0 Å². The van der Waals surface area contributed by atoms with Crippen molar-refractivity contribution in [2.24, 2.45) is 0 Å². The van der Waals surface area contributed by atoms with Crippen molar-refractivity contribution in [3.63, 3.8) is 0 Å². The maximum absolute atomic E-state index is 5.66. The van der Waals surface area contributed by atoms with Crippen LogP contribution in [0.4, 0.5) is 0 Å². The van der Waals surface area contributed by atoms with Gasteiger partial charge in [-0.05, 0) is 31.2 Å². The summed E-state index contributed by atoms with van der Waals surface area (Å²) in [5.41, 5.74) is 2.80. The molecule has 19 heavy (non-hydrogen) atoms. The zero-order valence-corrected chi connectivity index (χ0v) is 11.3. The highest BCUT2D eigenvalue weighted by Gasteiger charge is 2.31. The van der Waals surface area contributed by atoms with E-state index in [1.165, 1.54) is 11.1 Å². The molecule has 0 saturated carbocycles. The summed E-state index contributed by atoms with van der Waals surface area (Å²) < 4.78 is 5.66. The number of rotatable bonds is 2. The number of benzene rings is 1. The molecule has 1 aliphatic rings. The molecule has 0 spiro atoms. The highest BCUT2D eigenvalue weighted by atomic mass is 16.4. The van der Waals surface area contributed by atoms with Crippen molar-refractivity contribution in [1.82, 2.24) is 10.2 Å². The molecule has 98 valence electrons. The van der Waals surface area contributed by atoms with Crippen LogP contribution in [0.1, 0.15) is 48.9 Å². The second kappa shape index (κ2) is 5.00. The minimum atomic E-state index is 0.298. The molecule has 0 amide bonds. The van der Waals surface area contributed by atoms with Gasteiger partial charge in [-0.15, -0.1) is 10.2 Å². The predicted octanol–water partition coefficient (Wildman–Crippen LogP) is 3.99. The largest absolute Gasteiger partial charge is 0.425 e. The van der Waals surface area contributed by atoms with Gasteiger partial charge in [0.05, 0.1) is 0 Å². The van der Waals surface area contributed by atoms with Crippen molar-refractivity contribution < 1.29 is 4.42 Å². The molecule has 0 bridgehead atoms. The van der Waals surface area contributed by atoms with Gasteiger partial charge in [-0.3, -0.25) is 0 Å². The zero-order chi connectivity index (χ0) is 13.2. The molecule has 3 nitrogen and oxygen atoms in total. The summed E-state index contributed by atoms with van der Waals surface area (Å²) in [4.78, 5) is 0. The molecule has 1 heterocycles. The first kappa shape index (κ1) is 12.2. The van der Waals surface area contributed by atoms with Crippen LogP contribution in [0.3, 0.4) is 0 Å². The van der Waals surface area contributed by atoms with Gasteiger partial charge >= 0.3 is 0 Å². The average Bonchev–Trinajstić information content (AvgIpc) is 2.86. The van der Waals surface area contributed by atoms with Gasteiger partial charge in [0.2, 0.25) is 11.8 Å². The summed E-state index contributed by atoms with van der Waals surface area (Å²) in [6.07, 6.45) is 4.34. The second-order valence-corrected chi connectivity index (χ2v) is 5.27. The van der Waals surface area contributed by atoms with Gasteiger partial charge in [0.15, 0.2) is 0 Å². The van der Waals surface area contributed by atoms with Crippen molar-refractivity contribution >= 4 is 0 Å². The maximum atomic E-state index is 5.66. The normalized spacial score (nSPS) is 23.2. The Kier molecular flexibility index (Phi) is 3.20. The van der Waals surface area contributed by atoms with Crippen LogP contribution in [0, 0.1) is 6.92 Å². The zero-order valence-electron chi connectivity index (χ0n) is 11.3. The van der Waals surface area contributed by atoms with Crippen LogP contribution in [-0.2, 0) is 0 Å². The lowest BCUT2D eigenvalue weighted by molar-refractivity contribution is 0.381. The summed E-state index contributed by atoms with van der Waals surface area (Å²) in [7, 11) is 0. The fourth-order valence-corrected chi connectivity index (χ4v) is 2.85. The Hall–Kier alpha value is -1.90. The molecule has 2 atom stereocenters. The van der Waals surface area contributed by atoms with E-state index in [2.05, 4.69) is 53.5 Å². The highest BCUT2D eigenvalue weighted by molar-refractivity contribution is 5.28. The summed E-state index contributed by atoms with van der Waals surface area (Å²) in [6, 6.07) is 10.6. The van der Waals surface area contributed by atoms with Crippen LogP contribution in [0.2, 0.25) is 0 Å². The summed E-state index contributed by atoms with van der Waals surface area (Å²) >= 11 is 0. The third-order valence-corrected chi connectivity index (χ3v) is 3.83. The first-order valence-corrected chi connectivity index (χ1v) is 6.74. The monoisotopic (exact) mass is 254 g/mol. The molecule has 1 aromatic heterocycles. The maximum Gasteiger partial charge on any atom is 0.220 e. The molecule has 1 aromatic carbocycles. The average molecular weight is 254 g/mol. The lowest BCUT2D eigenvalue weighted by Crippen LogP contribution is -2.15. The Morgan fingerprint density at radius 1 is 1.05 bits per heavy atom. The minimum absolute atomic E-state index is 0.298. The van der Waals surface area contributed by atoms with E-state index in [1.807, 2.05) is 6.92 Å². The van der Waals surface area contributed by atoms with Crippen molar-refractivity contribution in [1.29, 1.82) is 0 Å². The number of aryl methyl sites for hydroxylation is 1. The summed E-state index contributed by atoms with van der Waals surface area (Å²) in [6.45, 7) is 4.04. The van der Waals surface area contributed by atoms with Crippen LogP contribution < -0.4 is 0 Å². The number of nitrogens with zero attached hydrogens (tertiary/aromatic N) is 2. The second-order valence-electron chi connectivity index (χ2n) is 5.27. The van der Waals surface area contributed by atoms with Gasteiger partial charge < -0.3 is 4.42 Å². The number of hydrogen-bond donors (Lipinski definition) is 0. The van der Waals surface area contributed by atoms with E-state index >= 15 is 0 Å². The van der Waals surface area contributed by atoms with E-state index in [1.54, 1.807) is 0 Å². The van der Waals surface area contributed by atoms with Crippen molar-refractivity contribution in [3.8, 4) is 0 Å². The molecular formula is C16H18N2O. The lowest BCUT2D eigenvalue weighted by atomic mass is 9.76. The molecule has 2 unspecified atom stereocenters. The van der Waals surface area contributed by atoms with Crippen LogP contribution in [0.5, 0.6) is 0 Å². The van der Waals surface area contributed by atoms with E-state index in [0.29, 0.717) is 17.7 Å². The molecule has 0 saturated heterocycles. The Labute approximate surface area is 113 Å². The third-order valence-electron chi connectivity index (χ3n) is 3.83. The van der Waals surface area contributed by atoms with Gasteiger partial charge in [-0.2, -0.15) is 0 Å². The smallest absolute Gasteiger partial charge is 0.220 e. The van der Waals surface area contributed by atoms with E-state index in [0.717, 1.165) is 18.7 Å². The van der Waals surface area contributed by atoms with E-state index in [-0.39, 0.29) is 0 Å². The summed E-state index contributed by atoms with van der Waals surface area (Å²) in [5, 5.41) is 8.20. The van der Waals surface area contributed by atoms with Gasteiger partial charge in [-0.25, -0.2) is 0 Å². The van der Waals surface area contributed by atoms with Crippen LogP contribution in [0.15, 0.2) is 46.4 Å². The molecule has 0 fully saturated rings. The Morgan fingerprint density at radius 3 is 2.53 bits per heavy atom. The predicted molar refractivity (Wildman–Crippen MR) is 74.0 cm³/mol. The third kappa shape index (κ3) is 2.46. The molecule has 3 heteroatoms. The van der Waals surface area contributed by atoms with E-state index in [9.17, 15) is 0 Å². The Balaban J connectivity index is 1.97. The number of allylic oxidation sites excluding steroid dienone is 2. The van der Waals surface area contributed by atoms with Crippen molar-refractivity contribution in [2.45, 2.75) is 38.5 Å². The Morgan fingerprint density at radius 2 is 1.84 bits per heavy atom. The number of aromatic nitrogens is 2. The van der Waals surface area contributed by atoms with Crippen molar-refractivity contribution in [2.75, 3.05) is 0 Å². The number of hydrogen-bond acceptors (Lipinski definition) is 3. The van der Waals surface area contributed by atoms with Crippen LogP contribution >= 0.6 is 0 Å². The molecule has 0 N–H and O–H groups in total. The van der Waals surface area contributed by atoms with Crippen LogP contribution in [0.25, 0.3) is 0 Å². The van der Waals surface area contributed by atoms with Gasteiger partial charge in [0.25, 0.3) is 0 Å². The van der Waals surface area contributed by atoms with Crippen molar-refractivity contribution in [3.05, 3.63) is 59.3 Å². The Bertz CT molecular complexity index is 586. The molecule has 0 aliphatic heterocycles. The summed E-state index contributed by atoms with van der Waals surface area (Å²) in [5.74, 6) is 2.15. The topological polar surface area (TPSA) is 38.9 Å². The first-order valence-electron chi connectivity index (χ1n) is 6.74. The fourth-order valence-electron chi connectivity index (χ4n) is 2.85. The standard InChI is InChI=1S/C16H18N2O/c1-11-8-9-14(16-18-17-12(2)19-16)15(10-11)13-6-4-3-5-7-13/h3-8,14-15H,9-10H2,1-2H3. The fraction of sp³-hybridized carbons (Fsp3) is 0.375. The van der Waals surface area contributed by atoms with Gasteiger partial charge in [0, 0.05) is 12.8 Å². The first-order chi connectivity index (χ1) is 9.24. The van der Waals surface area contributed by atoms with E-state index in [4.69, 9.17) is 4.42 Å². The lowest BCUT2D eigenvalue weighted by Gasteiger charge is -2.28. The molecular weight excluding hydrogens is 236 g/mol. The quantitative estimate of drug-likeness (QED) is 0.761. The molecule has 1 aliphatic carbocycles. The molecule has 0 radical (unpaired) electrons. The minimum Gasteiger partial charge on any atom is -0.425 e. The highest BCUT2D eigenvalue weighted by Crippen LogP contribution is 2.42. The molecule has 2 aromatic rings.